The molecule has 0 aliphatic heterocycles. The van der Waals surface area contributed by atoms with Crippen molar-refractivity contribution >= 4 is 0 Å². The third kappa shape index (κ3) is 18.1. The summed E-state index contributed by atoms with van der Waals surface area (Å²) in [5.41, 5.74) is 11.3. The third-order valence-corrected chi connectivity index (χ3v) is 4.74. The highest BCUT2D eigenvalue weighted by Gasteiger charge is 2.05. The van der Waals surface area contributed by atoms with Gasteiger partial charge in [-0.05, 0) is 45.3 Å². The second kappa shape index (κ2) is 19.9. The minimum Gasteiger partial charge on any atom is -0.330 e. The lowest BCUT2D eigenvalue weighted by molar-refractivity contribution is 0.437. The van der Waals surface area contributed by atoms with Gasteiger partial charge in [-0.15, -0.1) is 0 Å². The third-order valence-electron chi connectivity index (χ3n) is 4.74. The molecule has 5 N–H and O–H groups in total. The number of hydrogen-bond acceptors (Lipinski definition) is 3. The molecule has 0 heterocycles. The number of nitrogens with two attached hydrogens (primary N) is 2. The molecule has 0 aromatic carbocycles. The van der Waals surface area contributed by atoms with Crippen LogP contribution in [0, 0.1) is 0 Å². The van der Waals surface area contributed by atoms with Crippen LogP contribution in [0.1, 0.15) is 103 Å². The molecule has 140 valence electrons. The van der Waals surface area contributed by atoms with Gasteiger partial charge < -0.3 is 16.8 Å². The minimum absolute atomic E-state index is 0.580. The first-order valence-corrected chi connectivity index (χ1v) is 10.5. The number of hydrogen-bond donors (Lipinski definition) is 3. The van der Waals surface area contributed by atoms with E-state index in [-0.39, 0.29) is 0 Å². The van der Waals surface area contributed by atoms with Crippen LogP contribution in [0.15, 0.2) is 0 Å². The van der Waals surface area contributed by atoms with Crippen molar-refractivity contribution in [2.45, 2.75) is 109 Å². The molecular weight excluding hydrogens is 282 g/mol. The Bertz CT molecular complexity index is 209. The zero-order chi connectivity index (χ0) is 17.0. The van der Waals surface area contributed by atoms with E-state index in [0.29, 0.717) is 6.04 Å². The Morgan fingerprint density at radius 2 is 1.13 bits per heavy atom. The quantitative estimate of drug-likeness (QED) is 0.300. The minimum atomic E-state index is 0.580. The summed E-state index contributed by atoms with van der Waals surface area (Å²) in [5.74, 6) is 0. The second-order valence-corrected chi connectivity index (χ2v) is 7.05. The van der Waals surface area contributed by atoms with Gasteiger partial charge in [-0.3, -0.25) is 0 Å². The van der Waals surface area contributed by atoms with Crippen LogP contribution in [0.3, 0.4) is 0 Å². The van der Waals surface area contributed by atoms with Crippen molar-refractivity contribution in [2.24, 2.45) is 11.5 Å². The van der Waals surface area contributed by atoms with Crippen molar-refractivity contribution in [2.75, 3.05) is 19.6 Å². The molecule has 0 fully saturated rings. The lowest BCUT2D eigenvalue weighted by atomic mass is 10.0. The maximum atomic E-state index is 5.67. The van der Waals surface area contributed by atoms with Crippen LogP contribution < -0.4 is 16.8 Å². The van der Waals surface area contributed by atoms with Crippen LogP contribution in [-0.2, 0) is 0 Å². The molecule has 23 heavy (non-hydrogen) atoms. The van der Waals surface area contributed by atoms with Gasteiger partial charge in [0.1, 0.15) is 0 Å². The summed E-state index contributed by atoms with van der Waals surface area (Å²) in [6, 6.07) is 0.580. The highest BCUT2D eigenvalue weighted by atomic mass is 14.9. The van der Waals surface area contributed by atoms with Crippen LogP contribution in [0.25, 0.3) is 0 Å². The van der Waals surface area contributed by atoms with E-state index in [9.17, 15) is 0 Å². The first-order valence-electron chi connectivity index (χ1n) is 10.5. The lowest BCUT2D eigenvalue weighted by Crippen LogP contribution is -2.32. The summed E-state index contributed by atoms with van der Waals surface area (Å²) >= 11 is 0. The van der Waals surface area contributed by atoms with Gasteiger partial charge >= 0.3 is 0 Å². The SMILES string of the molecule is CCCCCCCCCCCCCCNC(CCN)CCCN. The zero-order valence-electron chi connectivity index (χ0n) is 16.0. The topological polar surface area (TPSA) is 64.1 Å². The molecule has 0 bridgehead atoms. The summed E-state index contributed by atoms with van der Waals surface area (Å²) in [7, 11) is 0. The fraction of sp³-hybridized carbons (Fsp3) is 1.00. The fourth-order valence-corrected chi connectivity index (χ4v) is 3.19. The van der Waals surface area contributed by atoms with Crippen LogP contribution in [-0.4, -0.2) is 25.7 Å². The molecule has 0 rings (SSSR count). The van der Waals surface area contributed by atoms with Crippen LogP contribution in [0.2, 0.25) is 0 Å². The number of rotatable bonds is 19. The number of nitrogens with one attached hydrogen (secondary N) is 1. The van der Waals surface area contributed by atoms with Crippen molar-refractivity contribution in [1.29, 1.82) is 0 Å². The summed E-state index contributed by atoms with van der Waals surface area (Å²) in [5, 5.41) is 3.66. The van der Waals surface area contributed by atoms with E-state index < -0.39 is 0 Å². The molecular formula is C20H45N3. The maximum Gasteiger partial charge on any atom is 0.00795 e. The van der Waals surface area contributed by atoms with Crippen LogP contribution in [0.4, 0.5) is 0 Å². The predicted molar refractivity (Wildman–Crippen MR) is 105 cm³/mol. The van der Waals surface area contributed by atoms with Gasteiger partial charge in [-0.2, -0.15) is 0 Å². The van der Waals surface area contributed by atoms with Crippen LogP contribution >= 0.6 is 0 Å². The molecule has 1 atom stereocenters. The second-order valence-electron chi connectivity index (χ2n) is 7.05. The standard InChI is InChI=1S/C20H45N3/c1-2-3-4-5-6-7-8-9-10-11-12-13-19-23-20(16-18-22)15-14-17-21/h20,23H,2-19,21-22H2,1H3. The summed E-state index contributed by atoms with van der Waals surface area (Å²) in [4.78, 5) is 0. The van der Waals surface area contributed by atoms with E-state index in [2.05, 4.69) is 12.2 Å². The van der Waals surface area contributed by atoms with E-state index in [0.717, 1.165) is 32.5 Å². The van der Waals surface area contributed by atoms with Gasteiger partial charge in [0.15, 0.2) is 0 Å². The lowest BCUT2D eigenvalue weighted by Gasteiger charge is -2.17. The van der Waals surface area contributed by atoms with Crippen molar-refractivity contribution in [1.82, 2.24) is 5.32 Å². The first kappa shape index (κ1) is 22.9. The van der Waals surface area contributed by atoms with Gasteiger partial charge in [0.2, 0.25) is 0 Å². The average Bonchev–Trinajstić information content (AvgIpc) is 2.56. The Morgan fingerprint density at radius 1 is 0.609 bits per heavy atom. The Hall–Kier alpha value is -0.120. The van der Waals surface area contributed by atoms with Crippen LogP contribution in [0.5, 0.6) is 0 Å². The molecule has 0 aromatic rings. The molecule has 0 aliphatic carbocycles. The number of unbranched alkanes of at least 4 members (excludes halogenated alkanes) is 11. The van der Waals surface area contributed by atoms with Crippen molar-refractivity contribution < 1.29 is 0 Å². The zero-order valence-corrected chi connectivity index (χ0v) is 16.0. The Balaban J connectivity index is 3.22. The Labute approximate surface area is 146 Å². The van der Waals surface area contributed by atoms with E-state index in [1.54, 1.807) is 0 Å². The smallest absolute Gasteiger partial charge is 0.00795 e. The van der Waals surface area contributed by atoms with Crippen molar-refractivity contribution in [3.05, 3.63) is 0 Å². The van der Waals surface area contributed by atoms with E-state index in [1.165, 1.54) is 83.5 Å². The molecule has 3 nitrogen and oxygen atoms in total. The summed E-state index contributed by atoms with van der Waals surface area (Å²) in [6.45, 7) is 5.00. The molecule has 0 aromatic heterocycles. The van der Waals surface area contributed by atoms with Gasteiger partial charge in [-0.1, -0.05) is 77.6 Å². The molecule has 0 saturated heterocycles. The van der Waals surface area contributed by atoms with E-state index in [1.807, 2.05) is 0 Å². The molecule has 0 amide bonds. The normalized spacial score (nSPS) is 12.7. The van der Waals surface area contributed by atoms with Crippen molar-refractivity contribution in [3.8, 4) is 0 Å². The average molecular weight is 328 g/mol. The Morgan fingerprint density at radius 3 is 1.61 bits per heavy atom. The van der Waals surface area contributed by atoms with Gasteiger partial charge in [0.25, 0.3) is 0 Å². The van der Waals surface area contributed by atoms with E-state index in [4.69, 9.17) is 11.5 Å². The maximum absolute atomic E-state index is 5.67. The molecule has 0 saturated carbocycles. The highest BCUT2D eigenvalue weighted by Crippen LogP contribution is 2.11. The van der Waals surface area contributed by atoms with Gasteiger partial charge in [-0.25, -0.2) is 0 Å². The molecule has 0 spiro atoms. The van der Waals surface area contributed by atoms with Gasteiger partial charge in [0.05, 0.1) is 0 Å². The molecule has 0 aliphatic rings. The summed E-state index contributed by atoms with van der Waals surface area (Å²) in [6.07, 6.45) is 20.3. The predicted octanol–water partition coefficient (Wildman–Crippen LogP) is 4.73. The first-order chi connectivity index (χ1) is 11.3. The summed E-state index contributed by atoms with van der Waals surface area (Å²) < 4.78 is 0. The fourth-order valence-electron chi connectivity index (χ4n) is 3.19. The van der Waals surface area contributed by atoms with Crippen molar-refractivity contribution in [3.63, 3.8) is 0 Å². The Kier molecular flexibility index (Phi) is 19.8. The highest BCUT2D eigenvalue weighted by molar-refractivity contribution is 4.67. The monoisotopic (exact) mass is 327 g/mol. The molecule has 3 heteroatoms. The molecule has 0 radical (unpaired) electrons. The molecule has 1 unspecified atom stereocenters. The largest absolute Gasteiger partial charge is 0.330 e. The van der Waals surface area contributed by atoms with E-state index >= 15 is 0 Å². The van der Waals surface area contributed by atoms with Gasteiger partial charge in [0, 0.05) is 6.04 Å².